The van der Waals surface area contributed by atoms with Crippen molar-refractivity contribution in [1.29, 1.82) is 0 Å². The molecule has 0 spiro atoms. The lowest BCUT2D eigenvalue weighted by Crippen LogP contribution is -2.47. The molecule has 3 N–H and O–H groups in total. The number of methoxy groups -OCH3 is 1. The van der Waals surface area contributed by atoms with Gasteiger partial charge in [-0.2, -0.15) is 0 Å². The normalized spacial score (nSPS) is 14.7. The molecule has 1 fully saturated rings. The molecular formula is C20H17N3O5S2. The molecule has 30 heavy (non-hydrogen) atoms. The first kappa shape index (κ1) is 21.3. The number of hydrogen-bond acceptors (Lipinski definition) is 7. The van der Waals surface area contributed by atoms with Crippen LogP contribution in [-0.4, -0.2) is 45.7 Å². The second-order valence-corrected chi connectivity index (χ2v) is 7.74. The third-order valence-corrected chi connectivity index (χ3v) is 5.41. The highest BCUT2D eigenvalue weighted by Crippen LogP contribution is 2.32. The van der Waals surface area contributed by atoms with Crippen LogP contribution in [-0.2, 0) is 9.59 Å². The predicted octanol–water partition coefficient (Wildman–Crippen LogP) is 2.06. The van der Waals surface area contributed by atoms with Gasteiger partial charge in [0, 0.05) is 0 Å². The second-order valence-electron chi connectivity index (χ2n) is 6.06. The lowest BCUT2D eigenvalue weighted by Gasteiger charge is -2.14. The number of nitrogens with one attached hydrogen (secondary N) is 2. The van der Waals surface area contributed by atoms with E-state index in [-0.39, 0.29) is 22.2 Å². The van der Waals surface area contributed by atoms with Crippen molar-refractivity contribution in [2.24, 2.45) is 0 Å². The summed E-state index contributed by atoms with van der Waals surface area (Å²) < 4.78 is 5.40. The molecule has 0 aliphatic carbocycles. The van der Waals surface area contributed by atoms with Crippen LogP contribution < -0.4 is 15.6 Å². The molecule has 0 unspecified atom stereocenters. The fourth-order valence-corrected chi connectivity index (χ4v) is 3.82. The van der Waals surface area contributed by atoms with E-state index >= 15 is 0 Å². The van der Waals surface area contributed by atoms with Crippen molar-refractivity contribution in [3.8, 4) is 11.5 Å². The van der Waals surface area contributed by atoms with Gasteiger partial charge in [-0.1, -0.05) is 48.2 Å². The summed E-state index contributed by atoms with van der Waals surface area (Å²) in [4.78, 5) is 38.4. The van der Waals surface area contributed by atoms with Crippen LogP contribution in [0, 0.1) is 0 Å². The molecule has 3 amide bonds. The average Bonchev–Trinajstić information content (AvgIpc) is 2.99. The third kappa shape index (κ3) is 4.97. The zero-order valence-corrected chi connectivity index (χ0v) is 17.4. The quantitative estimate of drug-likeness (QED) is 0.369. The van der Waals surface area contributed by atoms with Gasteiger partial charge in [0.05, 0.1) is 17.6 Å². The van der Waals surface area contributed by atoms with E-state index in [1.54, 1.807) is 43.5 Å². The first-order chi connectivity index (χ1) is 14.4. The van der Waals surface area contributed by atoms with Crippen LogP contribution >= 0.6 is 24.0 Å². The summed E-state index contributed by atoms with van der Waals surface area (Å²) in [6.07, 6.45) is 1.67. The summed E-state index contributed by atoms with van der Waals surface area (Å²) in [5.41, 5.74) is 5.16. The van der Waals surface area contributed by atoms with Crippen molar-refractivity contribution in [1.82, 2.24) is 15.8 Å². The van der Waals surface area contributed by atoms with Crippen molar-refractivity contribution in [2.45, 2.75) is 0 Å². The number of phenols is 1. The summed E-state index contributed by atoms with van der Waals surface area (Å²) in [6.45, 7) is -0.360. The maximum absolute atomic E-state index is 12.6. The third-order valence-electron chi connectivity index (χ3n) is 4.03. The minimum absolute atomic E-state index is 0.00429. The van der Waals surface area contributed by atoms with E-state index in [0.717, 1.165) is 22.2 Å². The summed E-state index contributed by atoms with van der Waals surface area (Å²) >= 11 is 6.29. The van der Waals surface area contributed by atoms with E-state index in [4.69, 9.17) is 17.0 Å². The summed E-state index contributed by atoms with van der Waals surface area (Å²) in [6, 6.07) is 13.1. The Balaban J connectivity index is 1.61. The number of aromatic hydroxyl groups is 1. The van der Waals surface area contributed by atoms with Crippen LogP contribution in [0.25, 0.3) is 6.08 Å². The Bertz CT molecular complexity index is 1050. The summed E-state index contributed by atoms with van der Waals surface area (Å²) in [5, 5.41) is 9.67. The number of hydrazine groups is 1. The van der Waals surface area contributed by atoms with E-state index in [0.29, 0.717) is 10.7 Å². The molecule has 154 valence electrons. The lowest BCUT2D eigenvalue weighted by molar-refractivity contribution is -0.129. The Morgan fingerprint density at radius 3 is 2.70 bits per heavy atom. The zero-order valence-electron chi connectivity index (χ0n) is 15.7. The molecule has 3 rings (SSSR count). The highest BCUT2D eigenvalue weighted by molar-refractivity contribution is 8.26. The number of thioether (sulfide) groups is 1. The number of phenolic OH excluding ortho intramolecular Hbond substituents is 1. The van der Waals surface area contributed by atoms with Gasteiger partial charge in [-0.3, -0.25) is 30.1 Å². The monoisotopic (exact) mass is 443 g/mol. The number of carbonyl (C=O) groups excluding carboxylic acids is 3. The largest absolute Gasteiger partial charge is 0.507 e. The number of nitrogens with zero attached hydrogens (tertiary/aromatic N) is 1. The molecule has 2 aromatic carbocycles. The van der Waals surface area contributed by atoms with Crippen molar-refractivity contribution in [3.05, 3.63) is 64.6 Å². The van der Waals surface area contributed by atoms with Crippen LogP contribution in [0.2, 0.25) is 0 Å². The first-order valence-corrected chi connectivity index (χ1v) is 9.88. The molecule has 1 saturated heterocycles. The topological polar surface area (TPSA) is 108 Å². The molecule has 8 nitrogen and oxygen atoms in total. The fourth-order valence-electron chi connectivity index (χ4n) is 2.56. The molecule has 0 saturated carbocycles. The van der Waals surface area contributed by atoms with Crippen LogP contribution in [0.15, 0.2) is 53.4 Å². The van der Waals surface area contributed by atoms with Gasteiger partial charge in [0.2, 0.25) is 0 Å². The Morgan fingerprint density at radius 1 is 1.20 bits per heavy atom. The Kier molecular flexibility index (Phi) is 6.70. The lowest BCUT2D eigenvalue weighted by atomic mass is 10.2. The van der Waals surface area contributed by atoms with Gasteiger partial charge in [-0.15, -0.1) is 0 Å². The molecule has 1 aliphatic rings. The van der Waals surface area contributed by atoms with Gasteiger partial charge in [0.15, 0.2) is 0 Å². The van der Waals surface area contributed by atoms with E-state index in [9.17, 15) is 19.5 Å². The maximum atomic E-state index is 12.6. The van der Waals surface area contributed by atoms with E-state index in [1.807, 2.05) is 6.07 Å². The number of benzene rings is 2. The number of carbonyl (C=O) groups is 3. The smallest absolute Gasteiger partial charge is 0.273 e. The number of thiocarbonyl (C=S) groups is 1. The molecule has 0 bridgehead atoms. The number of hydrogen-bond donors (Lipinski definition) is 3. The van der Waals surface area contributed by atoms with Gasteiger partial charge in [-0.25, -0.2) is 0 Å². The first-order valence-electron chi connectivity index (χ1n) is 8.65. The van der Waals surface area contributed by atoms with Gasteiger partial charge in [-0.05, 0) is 35.9 Å². The van der Waals surface area contributed by atoms with Crippen LogP contribution in [0.5, 0.6) is 11.5 Å². The van der Waals surface area contributed by atoms with Crippen molar-refractivity contribution >= 4 is 52.1 Å². The number of rotatable bonds is 5. The molecule has 2 aromatic rings. The average molecular weight is 444 g/mol. The van der Waals surface area contributed by atoms with E-state index in [2.05, 4.69) is 10.9 Å². The zero-order chi connectivity index (χ0) is 21.7. The summed E-state index contributed by atoms with van der Waals surface area (Å²) in [5.74, 6) is -1.31. The van der Waals surface area contributed by atoms with Crippen LogP contribution in [0.1, 0.15) is 15.9 Å². The minimum atomic E-state index is -0.690. The molecule has 1 aliphatic heterocycles. The van der Waals surface area contributed by atoms with E-state index in [1.165, 1.54) is 12.1 Å². The van der Waals surface area contributed by atoms with Crippen molar-refractivity contribution < 1.29 is 24.2 Å². The van der Waals surface area contributed by atoms with Crippen LogP contribution in [0.4, 0.5) is 0 Å². The number of amides is 3. The Labute approximate surface area is 181 Å². The van der Waals surface area contributed by atoms with Gasteiger partial charge in [0.1, 0.15) is 22.4 Å². The van der Waals surface area contributed by atoms with E-state index < -0.39 is 17.7 Å². The molecule has 10 heteroatoms. The predicted molar refractivity (Wildman–Crippen MR) is 117 cm³/mol. The number of para-hydroxylation sites is 1. The maximum Gasteiger partial charge on any atom is 0.273 e. The molecule has 0 aromatic heterocycles. The molecule has 0 atom stereocenters. The standard InChI is InChI=1S/C20H17N3O5S2/c1-28-13-6-4-5-12(9-13)10-16-19(27)23(20(29)30-16)11-17(25)21-22-18(26)14-7-2-3-8-15(14)24/h2-10,24H,11H2,1H3,(H,21,25)(H,22,26)/b16-10-. The number of ether oxygens (including phenoxy) is 1. The van der Waals surface area contributed by atoms with Gasteiger partial charge < -0.3 is 9.84 Å². The van der Waals surface area contributed by atoms with Gasteiger partial charge in [0.25, 0.3) is 17.7 Å². The second kappa shape index (κ2) is 9.42. The Morgan fingerprint density at radius 2 is 1.97 bits per heavy atom. The molecule has 0 radical (unpaired) electrons. The highest BCUT2D eigenvalue weighted by atomic mass is 32.2. The van der Waals surface area contributed by atoms with Gasteiger partial charge >= 0.3 is 0 Å². The highest BCUT2D eigenvalue weighted by Gasteiger charge is 2.33. The van der Waals surface area contributed by atoms with Crippen LogP contribution in [0.3, 0.4) is 0 Å². The minimum Gasteiger partial charge on any atom is -0.507 e. The Hall–Kier alpha value is -3.37. The molecular weight excluding hydrogens is 426 g/mol. The van der Waals surface area contributed by atoms with Crippen molar-refractivity contribution in [3.63, 3.8) is 0 Å². The SMILES string of the molecule is COc1cccc(/C=C2\SC(=S)N(CC(=O)NNC(=O)c3ccccc3O)C2=O)c1. The van der Waals surface area contributed by atoms with Crippen molar-refractivity contribution in [2.75, 3.05) is 13.7 Å². The molecule has 1 heterocycles. The summed E-state index contributed by atoms with van der Waals surface area (Å²) in [7, 11) is 1.55. The fraction of sp³-hybridized carbons (Fsp3) is 0.100.